The van der Waals surface area contributed by atoms with Gasteiger partial charge in [0, 0.05) is 12.7 Å². The number of nitrogens with one attached hydrogen (secondary N) is 1. The lowest BCUT2D eigenvalue weighted by Gasteiger charge is -2.28. The smallest absolute Gasteiger partial charge is 0.326 e. The minimum Gasteiger partial charge on any atom is -0.465 e. The number of hydrogen-bond donors (Lipinski definition) is 1. The molecule has 0 aliphatic heterocycles. The Balaban J connectivity index is 2.65. The van der Waals surface area contributed by atoms with Gasteiger partial charge in [0.25, 0.3) is 0 Å². The molecule has 0 bridgehead atoms. The third kappa shape index (κ3) is 4.67. The van der Waals surface area contributed by atoms with Crippen molar-refractivity contribution in [2.45, 2.75) is 52.6 Å². The number of nitrogens with zero attached hydrogens (tertiary/aromatic N) is 2. The summed E-state index contributed by atoms with van der Waals surface area (Å²) in [4.78, 5) is 12.1. The highest BCUT2D eigenvalue weighted by Crippen LogP contribution is 2.14. The van der Waals surface area contributed by atoms with E-state index < -0.39 is 5.54 Å². The van der Waals surface area contributed by atoms with Crippen LogP contribution >= 0.6 is 0 Å². The quantitative estimate of drug-likeness (QED) is 0.731. The minimum atomic E-state index is -0.647. The summed E-state index contributed by atoms with van der Waals surface area (Å²) in [6, 6.07) is 0. The van der Waals surface area contributed by atoms with Crippen molar-refractivity contribution >= 4 is 5.97 Å². The van der Waals surface area contributed by atoms with E-state index in [0.29, 0.717) is 19.6 Å². The van der Waals surface area contributed by atoms with Gasteiger partial charge in [0.05, 0.1) is 12.8 Å². The molecule has 108 valence electrons. The van der Waals surface area contributed by atoms with Crippen molar-refractivity contribution < 1.29 is 9.53 Å². The van der Waals surface area contributed by atoms with Gasteiger partial charge in [-0.25, -0.2) is 0 Å². The molecule has 0 aromatic carbocycles. The Morgan fingerprint density at radius 1 is 1.53 bits per heavy atom. The van der Waals surface area contributed by atoms with Crippen LogP contribution in [0.3, 0.4) is 0 Å². The number of aryl methyl sites for hydroxylation is 2. The summed E-state index contributed by atoms with van der Waals surface area (Å²) in [5.74, 6) is -0.188. The number of esters is 1. The van der Waals surface area contributed by atoms with Crippen LogP contribution < -0.4 is 5.32 Å². The predicted molar refractivity (Wildman–Crippen MR) is 74.9 cm³/mol. The Labute approximate surface area is 115 Å². The van der Waals surface area contributed by atoms with Crippen LogP contribution in [0.1, 0.15) is 39.2 Å². The number of carbonyl (C=O) groups excluding carboxylic acids is 1. The van der Waals surface area contributed by atoms with E-state index >= 15 is 0 Å². The second-order valence-corrected chi connectivity index (χ2v) is 5.01. The molecule has 0 fully saturated rings. The van der Waals surface area contributed by atoms with Crippen LogP contribution in [-0.2, 0) is 16.1 Å². The van der Waals surface area contributed by atoms with Crippen LogP contribution in [-0.4, -0.2) is 34.4 Å². The first-order chi connectivity index (χ1) is 9.01. The number of rotatable bonds is 8. The average molecular weight is 267 g/mol. The zero-order valence-electron chi connectivity index (χ0n) is 12.4. The standard InChI is InChI=1S/C14H25N3O2/c1-5-8-15-14(4,13(18)19-6-2)7-9-17-11-12(3)10-16-17/h10-11,15H,5-9H2,1-4H3. The first-order valence-corrected chi connectivity index (χ1v) is 6.93. The molecule has 5 nitrogen and oxygen atoms in total. The van der Waals surface area contributed by atoms with Gasteiger partial charge in [-0.3, -0.25) is 9.48 Å². The van der Waals surface area contributed by atoms with Gasteiger partial charge in [-0.2, -0.15) is 5.10 Å². The van der Waals surface area contributed by atoms with Crippen molar-refractivity contribution in [1.29, 1.82) is 0 Å². The highest BCUT2D eigenvalue weighted by molar-refractivity contribution is 5.80. The zero-order valence-corrected chi connectivity index (χ0v) is 12.4. The summed E-state index contributed by atoms with van der Waals surface area (Å²) in [5.41, 5.74) is 0.477. The molecular formula is C14H25N3O2. The Morgan fingerprint density at radius 3 is 2.79 bits per heavy atom. The monoisotopic (exact) mass is 267 g/mol. The third-order valence-electron chi connectivity index (χ3n) is 3.09. The van der Waals surface area contributed by atoms with Crippen molar-refractivity contribution in [3.63, 3.8) is 0 Å². The average Bonchev–Trinajstić information content (AvgIpc) is 2.80. The van der Waals surface area contributed by atoms with E-state index in [2.05, 4.69) is 17.3 Å². The SMILES string of the molecule is CCCNC(C)(CCn1cc(C)cn1)C(=O)OCC. The topological polar surface area (TPSA) is 56.2 Å². The molecule has 1 aromatic rings. The van der Waals surface area contributed by atoms with Crippen LogP contribution in [0.25, 0.3) is 0 Å². The largest absolute Gasteiger partial charge is 0.465 e. The lowest BCUT2D eigenvalue weighted by atomic mass is 9.97. The van der Waals surface area contributed by atoms with Gasteiger partial charge in [0.1, 0.15) is 5.54 Å². The fraction of sp³-hybridized carbons (Fsp3) is 0.714. The Bertz CT molecular complexity index is 403. The van der Waals surface area contributed by atoms with E-state index in [4.69, 9.17) is 4.74 Å². The van der Waals surface area contributed by atoms with Crippen molar-refractivity contribution in [2.24, 2.45) is 0 Å². The highest BCUT2D eigenvalue weighted by Gasteiger charge is 2.33. The van der Waals surface area contributed by atoms with E-state index in [9.17, 15) is 4.79 Å². The molecule has 0 amide bonds. The van der Waals surface area contributed by atoms with E-state index in [0.717, 1.165) is 18.5 Å². The normalized spacial score (nSPS) is 14.1. The van der Waals surface area contributed by atoms with E-state index in [-0.39, 0.29) is 5.97 Å². The number of aromatic nitrogens is 2. The van der Waals surface area contributed by atoms with Crippen LogP contribution in [0.15, 0.2) is 12.4 Å². The maximum atomic E-state index is 12.1. The first kappa shape index (κ1) is 15.7. The molecule has 1 heterocycles. The molecule has 1 unspecified atom stereocenters. The highest BCUT2D eigenvalue weighted by atomic mass is 16.5. The molecular weight excluding hydrogens is 242 g/mol. The van der Waals surface area contributed by atoms with Gasteiger partial charge in [-0.1, -0.05) is 6.92 Å². The molecule has 1 N–H and O–H groups in total. The number of hydrogen-bond acceptors (Lipinski definition) is 4. The lowest BCUT2D eigenvalue weighted by molar-refractivity contribution is -0.151. The van der Waals surface area contributed by atoms with Crippen LogP contribution in [0.4, 0.5) is 0 Å². The summed E-state index contributed by atoms with van der Waals surface area (Å²) in [6.45, 7) is 9.71. The number of ether oxygens (including phenoxy) is 1. The third-order valence-corrected chi connectivity index (χ3v) is 3.09. The first-order valence-electron chi connectivity index (χ1n) is 6.93. The molecule has 0 radical (unpaired) electrons. The maximum Gasteiger partial charge on any atom is 0.326 e. The molecule has 0 saturated heterocycles. The lowest BCUT2D eigenvalue weighted by Crippen LogP contribution is -2.51. The van der Waals surface area contributed by atoms with Gasteiger partial charge < -0.3 is 10.1 Å². The zero-order chi connectivity index (χ0) is 14.3. The van der Waals surface area contributed by atoms with Crippen molar-refractivity contribution in [2.75, 3.05) is 13.2 Å². The van der Waals surface area contributed by atoms with Crippen LogP contribution in [0, 0.1) is 6.92 Å². The summed E-state index contributed by atoms with van der Waals surface area (Å²) in [7, 11) is 0. The second kappa shape index (κ2) is 7.28. The van der Waals surface area contributed by atoms with Gasteiger partial charge in [-0.15, -0.1) is 0 Å². The van der Waals surface area contributed by atoms with Gasteiger partial charge >= 0.3 is 5.97 Å². The summed E-state index contributed by atoms with van der Waals surface area (Å²) >= 11 is 0. The van der Waals surface area contributed by atoms with Crippen LogP contribution in [0.5, 0.6) is 0 Å². The van der Waals surface area contributed by atoms with E-state index in [1.54, 1.807) is 0 Å². The van der Waals surface area contributed by atoms with E-state index in [1.165, 1.54) is 0 Å². The summed E-state index contributed by atoms with van der Waals surface area (Å²) in [6.07, 6.45) is 5.44. The molecule has 1 rings (SSSR count). The fourth-order valence-corrected chi connectivity index (χ4v) is 1.88. The second-order valence-electron chi connectivity index (χ2n) is 5.01. The molecule has 0 saturated carbocycles. The van der Waals surface area contributed by atoms with Crippen molar-refractivity contribution in [1.82, 2.24) is 15.1 Å². The summed E-state index contributed by atoms with van der Waals surface area (Å²) < 4.78 is 7.03. The van der Waals surface area contributed by atoms with Crippen molar-refractivity contribution in [3.05, 3.63) is 18.0 Å². The number of carbonyl (C=O) groups is 1. The van der Waals surface area contributed by atoms with Gasteiger partial charge in [-0.05, 0) is 45.7 Å². The molecule has 0 aliphatic carbocycles. The maximum absolute atomic E-state index is 12.1. The Hall–Kier alpha value is -1.36. The fourth-order valence-electron chi connectivity index (χ4n) is 1.88. The molecule has 0 aliphatic rings. The van der Waals surface area contributed by atoms with Crippen molar-refractivity contribution in [3.8, 4) is 0 Å². The minimum absolute atomic E-state index is 0.188. The molecule has 1 aromatic heterocycles. The molecule has 1 atom stereocenters. The summed E-state index contributed by atoms with van der Waals surface area (Å²) in [5, 5.41) is 7.53. The Morgan fingerprint density at radius 2 is 2.26 bits per heavy atom. The molecule has 5 heteroatoms. The molecule has 19 heavy (non-hydrogen) atoms. The molecule has 0 spiro atoms. The predicted octanol–water partition coefficient (Wildman–Crippen LogP) is 1.90. The Kier molecular flexibility index (Phi) is 6.02. The van der Waals surface area contributed by atoms with Crippen LogP contribution in [0.2, 0.25) is 0 Å². The van der Waals surface area contributed by atoms with E-state index in [1.807, 2.05) is 37.8 Å². The van der Waals surface area contributed by atoms with Gasteiger partial charge in [0.2, 0.25) is 0 Å². The van der Waals surface area contributed by atoms with Gasteiger partial charge in [0.15, 0.2) is 0 Å².